The van der Waals surface area contributed by atoms with Gasteiger partial charge < -0.3 is 31.5 Å². The van der Waals surface area contributed by atoms with Gasteiger partial charge in [-0.1, -0.05) is 6.07 Å². The van der Waals surface area contributed by atoms with Crippen LogP contribution in [0, 0.1) is 11.8 Å². The molecule has 11 nitrogen and oxygen atoms in total. The van der Waals surface area contributed by atoms with Crippen LogP contribution >= 0.6 is 0 Å². The number of nitrogens with zero attached hydrogens (tertiary/aromatic N) is 1. The van der Waals surface area contributed by atoms with E-state index in [0.717, 1.165) is 6.08 Å². The van der Waals surface area contributed by atoms with E-state index < -0.39 is 64.0 Å². The zero-order chi connectivity index (χ0) is 26.7. The molecule has 4 atom stereocenters. The lowest BCUT2D eigenvalue weighted by Crippen LogP contribution is -2.63. The molecule has 36 heavy (non-hydrogen) atoms. The van der Waals surface area contributed by atoms with Crippen molar-refractivity contribution >= 4 is 29.5 Å². The molecule has 1 aromatic carbocycles. The zero-order valence-corrected chi connectivity index (χ0v) is 19.9. The number of ether oxygens (including phenoxy) is 1. The van der Waals surface area contributed by atoms with Crippen LogP contribution in [0.2, 0.25) is 0 Å². The summed E-state index contributed by atoms with van der Waals surface area (Å²) < 4.78 is 5.36. The van der Waals surface area contributed by atoms with E-state index in [1.54, 1.807) is 20.2 Å². The van der Waals surface area contributed by atoms with Crippen LogP contribution in [-0.2, 0) is 20.8 Å². The van der Waals surface area contributed by atoms with Crippen molar-refractivity contribution in [2.24, 2.45) is 23.3 Å². The minimum absolute atomic E-state index is 0.0158. The number of carbonyl (C=O) groups is 4. The van der Waals surface area contributed by atoms with Crippen LogP contribution < -0.4 is 16.2 Å². The number of aliphatic hydroxyl groups is 3. The Balaban J connectivity index is 1.96. The van der Waals surface area contributed by atoms with E-state index in [-0.39, 0.29) is 29.7 Å². The van der Waals surface area contributed by atoms with E-state index >= 15 is 0 Å². The number of nitrogens with two attached hydrogens (primary N) is 2. The van der Waals surface area contributed by atoms with Gasteiger partial charge in [-0.25, -0.2) is 0 Å². The highest BCUT2D eigenvalue weighted by atomic mass is 16.5. The third-order valence-corrected chi connectivity index (χ3v) is 7.27. The first kappa shape index (κ1) is 25.1. The second-order valence-electron chi connectivity index (χ2n) is 9.41. The number of hydrogen-bond donors (Lipinski definition) is 5. The summed E-state index contributed by atoms with van der Waals surface area (Å²) in [7, 11) is 4.52. The summed E-state index contributed by atoms with van der Waals surface area (Å²) in [5, 5.41) is 33.7. The first-order valence-corrected chi connectivity index (χ1v) is 11.2. The quantitative estimate of drug-likeness (QED) is 0.273. The van der Waals surface area contributed by atoms with E-state index in [1.165, 1.54) is 24.2 Å². The first-order valence-electron chi connectivity index (χ1n) is 11.2. The van der Waals surface area contributed by atoms with Gasteiger partial charge in [0.2, 0.25) is 11.7 Å². The predicted molar refractivity (Wildman–Crippen MR) is 127 cm³/mol. The lowest BCUT2D eigenvalue weighted by Gasteiger charge is -2.50. The topological polar surface area (TPSA) is 193 Å². The number of hydrogen-bond acceptors (Lipinski definition) is 9. The number of amides is 2. The Morgan fingerprint density at radius 3 is 2.42 bits per heavy atom. The maximum absolute atomic E-state index is 13.8. The van der Waals surface area contributed by atoms with Gasteiger partial charge >= 0.3 is 0 Å². The number of benzene rings is 1. The number of carbonyl (C=O) groups excluding carboxylic acids is 4. The summed E-state index contributed by atoms with van der Waals surface area (Å²) >= 11 is 0. The van der Waals surface area contributed by atoms with Crippen LogP contribution in [0.15, 0.2) is 40.9 Å². The average Bonchev–Trinajstić information content (AvgIpc) is 2.79. The maximum atomic E-state index is 13.8. The molecule has 0 saturated carbocycles. The summed E-state index contributed by atoms with van der Waals surface area (Å²) in [4.78, 5) is 51.9. The molecule has 0 radical (unpaired) electrons. The minimum atomic E-state index is -2.65. The third-order valence-electron chi connectivity index (χ3n) is 7.27. The van der Waals surface area contributed by atoms with Gasteiger partial charge in [-0.05, 0) is 56.1 Å². The molecular weight excluding hydrogens is 470 g/mol. The minimum Gasteiger partial charge on any atom is -0.510 e. The number of likely N-dealkylation sites (N-methyl/N-ethyl adjacent to an activating group) is 1. The van der Waals surface area contributed by atoms with E-state index in [9.17, 15) is 34.5 Å². The molecule has 190 valence electrons. The third kappa shape index (κ3) is 3.42. The van der Waals surface area contributed by atoms with E-state index in [0.29, 0.717) is 11.1 Å². The number of ketones is 2. The molecular formula is C25H27N3O8. The molecule has 0 spiro atoms. The van der Waals surface area contributed by atoms with Gasteiger partial charge in [0.15, 0.2) is 11.4 Å². The number of methoxy groups -OCH3 is 1. The van der Waals surface area contributed by atoms with Crippen molar-refractivity contribution < 1.29 is 39.2 Å². The summed E-state index contributed by atoms with van der Waals surface area (Å²) in [6.45, 7) is 0. The number of fused-ring (bicyclic) bond motifs is 3. The van der Waals surface area contributed by atoms with Gasteiger partial charge in [0.05, 0.1) is 18.7 Å². The molecule has 0 saturated heterocycles. The number of Topliss-reactive ketones (excluding diaryl/α,β-unsaturated/α-hetero) is 2. The van der Waals surface area contributed by atoms with Crippen LogP contribution in [-0.4, -0.2) is 76.4 Å². The lowest BCUT2D eigenvalue weighted by molar-refractivity contribution is -0.148. The Morgan fingerprint density at radius 1 is 1.19 bits per heavy atom. The molecule has 1 aromatic rings. The normalized spacial score (nSPS) is 27.8. The smallest absolute Gasteiger partial charge is 0.255 e. The van der Waals surface area contributed by atoms with Gasteiger partial charge in [0, 0.05) is 17.6 Å². The molecule has 7 N–H and O–H groups in total. The number of allylic oxidation sites excluding steroid dienone is 1. The predicted octanol–water partition coefficient (Wildman–Crippen LogP) is -0.0779. The largest absolute Gasteiger partial charge is 0.510 e. The average molecular weight is 498 g/mol. The first-order chi connectivity index (χ1) is 16.9. The molecule has 0 aliphatic heterocycles. The highest BCUT2D eigenvalue weighted by Crippen LogP contribution is 2.52. The number of primary amides is 2. The van der Waals surface area contributed by atoms with Crippen LogP contribution in [0.1, 0.15) is 27.9 Å². The van der Waals surface area contributed by atoms with Crippen molar-refractivity contribution in [1.29, 1.82) is 0 Å². The van der Waals surface area contributed by atoms with Crippen LogP contribution in [0.5, 0.6) is 5.75 Å². The Hall–Kier alpha value is -3.96. The highest BCUT2D eigenvalue weighted by Gasteiger charge is 2.63. The molecule has 0 bridgehead atoms. The standard InChI is InChI=1S/C25H27N3O8/c1-28(2)19-13-9-11-8-12-10(5-7-15(26)29)4-6-14(36-3)17(12)20(30)16(11)22(32)25(13,35)23(33)18(21(19)31)24(27)34/h4-7,11,13,19,31-32,35H,8-9H2,1-3H3,(H2,26,29)(H2,27,34)/t11-,13-,19-,25-/m0/s1. The monoisotopic (exact) mass is 497 g/mol. The molecule has 0 aromatic heterocycles. The molecule has 4 rings (SSSR count). The SMILES string of the molecule is COc1ccc(C=CC(N)=O)c2c1C(=O)C1=C(O)[C@]3(O)C(=O)C(C(N)=O)=C(O)[C@@H](N(C)C)[C@@H]3C[C@@H]1C2. The lowest BCUT2D eigenvalue weighted by atomic mass is 9.58. The fourth-order valence-corrected chi connectivity index (χ4v) is 5.76. The van der Waals surface area contributed by atoms with E-state index in [1.807, 2.05) is 0 Å². The summed E-state index contributed by atoms with van der Waals surface area (Å²) in [5.74, 6) is -6.87. The van der Waals surface area contributed by atoms with Crippen molar-refractivity contribution in [1.82, 2.24) is 4.90 Å². The Kier molecular flexibility index (Phi) is 6.01. The van der Waals surface area contributed by atoms with Crippen molar-refractivity contribution in [3.8, 4) is 5.75 Å². The van der Waals surface area contributed by atoms with Gasteiger partial charge in [0.25, 0.3) is 5.91 Å². The van der Waals surface area contributed by atoms with Gasteiger partial charge in [-0.15, -0.1) is 0 Å². The molecule has 11 heteroatoms. The fraction of sp³-hybridized carbons (Fsp3) is 0.360. The molecule has 2 amide bonds. The summed E-state index contributed by atoms with van der Waals surface area (Å²) in [6.07, 6.45) is 2.85. The Bertz CT molecular complexity index is 1310. The van der Waals surface area contributed by atoms with Gasteiger partial charge in [-0.3, -0.25) is 24.1 Å². The molecule has 0 fully saturated rings. The number of rotatable bonds is 5. The molecule has 0 heterocycles. The second-order valence-corrected chi connectivity index (χ2v) is 9.41. The van der Waals surface area contributed by atoms with Gasteiger partial charge in [-0.2, -0.15) is 0 Å². The maximum Gasteiger partial charge on any atom is 0.255 e. The fourth-order valence-electron chi connectivity index (χ4n) is 5.76. The van der Waals surface area contributed by atoms with Crippen molar-refractivity contribution in [3.63, 3.8) is 0 Å². The van der Waals surface area contributed by atoms with E-state index in [4.69, 9.17) is 16.2 Å². The van der Waals surface area contributed by atoms with Crippen molar-refractivity contribution in [2.75, 3.05) is 21.2 Å². The second kappa shape index (κ2) is 8.61. The van der Waals surface area contributed by atoms with E-state index in [2.05, 4.69) is 0 Å². The van der Waals surface area contributed by atoms with Crippen LogP contribution in [0.4, 0.5) is 0 Å². The van der Waals surface area contributed by atoms with Gasteiger partial charge in [0.1, 0.15) is 22.8 Å². The summed E-state index contributed by atoms with van der Waals surface area (Å²) in [5.41, 5.74) is 8.12. The molecule has 3 aliphatic carbocycles. The Morgan fingerprint density at radius 2 is 1.86 bits per heavy atom. The Labute approximate surface area is 206 Å². The van der Waals surface area contributed by atoms with Crippen molar-refractivity contribution in [3.05, 3.63) is 57.6 Å². The number of aliphatic hydroxyl groups excluding tert-OH is 2. The highest BCUT2D eigenvalue weighted by molar-refractivity contribution is 6.24. The summed E-state index contributed by atoms with van der Waals surface area (Å²) in [6, 6.07) is 2.14. The van der Waals surface area contributed by atoms with Crippen molar-refractivity contribution in [2.45, 2.75) is 24.5 Å². The van der Waals surface area contributed by atoms with Crippen LogP contribution in [0.3, 0.4) is 0 Å². The zero-order valence-electron chi connectivity index (χ0n) is 19.9. The van der Waals surface area contributed by atoms with Crippen LogP contribution in [0.25, 0.3) is 6.08 Å². The molecule has 3 aliphatic rings. The molecule has 0 unspecified atom stereocenters.